The number of fused-ring (bicyclic) bond motifs is 1. The van der Waals surface area contributed by atoms with E-state index in [1.165, 1.54) is 0 Å². The van der Waals surface area contributed by atoms with Crippen molar-refractivity contribution in [2.75, 3.05) is 17.3 Å². The molecule has 4 nitrogen and oxygen atoms in total. The number of nitrogens with one attached hydrogen (secondary N) is 1. The molecule has 0 spiro atoms. The molecule has 0 radical (unpaired) electrons. The number of hydrogen-bond donors (Lipinski definition) is 1. The van der Waals surface area contributed by atoms with E-state index in [0.717, 1.165) is 11.1 Å². The molecule has 1 unspecified atom stereocenters. The van der Waals surface area contributed by atoms with Crippen LogP contribution in [0.1, 0.15) is 6.92 Å². The first-order chi connectivity index (χ1) is 9.10. The molecule has 1 amide bonds. The van der Waals surface area contributed by atoms with Crippen molar-refractivity contribution in [3.05, 3.63) is 29.4 Å². The van der Waals surface area contributed by atoms with E-state index in [9.17, 15) is 4.79 Å². The van der Waals surface area contributed by atoms with Crippen LogP contribution in [0.2, 0.25) is 5.15 Å². The third kappa shape index (κ3) is 3.58. The predicted octanol–water partition coefficient (Wildman–Crippen LogP) is 3.22. The van der Waals surface area contributed by atoms with Gasteiger partial charge in [-0.25, -0.2) is 9.97 Å². The van der Waals surface area contributed by atoms with Gasteiger partial charge in [-0.3, -0.25) is 4.79 Å². The second kappa shape index (κ2) is 6.21. The van der Waals surface area contributed by atoms with Crippen molar-refractivity contribution in [1.82, 2.24) is 9.97 Å². The van der Waals surface area contributed by atoms with Gasteiger partial charge in [-0.2, -0.15) is 11.8 Å². The molecular formula is C13H14ClN3OS. The quantitative estimate of drug-likeness (QED) is 0.880. The topological polar surface area (TPSA) is 54.9 Å². The molecule has 0 bridgehead atoms. The number of hydrogen-bond acceptors (Lipinski definition) is 4. The molecule has 2 aromatic heterocycles. The molecule has 100 valence electrons. The molecule has 1 atom stereocenters. The van der Waals surface area contributed by atoms with Crippen molar-refractivity contribution in [3.63, 3.8) is 0 Å². The minimum absolute atomic E-state index is 0.0387. The van der Waals surface area contributed by atoms with Crippen LogP contribution in [0, 0.1) is 5.92 Å². The number of anilines is 1. The standard InChI is InChI=1S/C13H14ClN3OS/c1-8(7-19-2)13(18)17-11-6-4-9-3-5-10(14)15-12(9)16-11/h3-6,8H,7H2,1-2H3,(H,15,16,17,18). The molecule has 1 N–H and O–H groups in total. The lowest BCUT2D eigenvalue weighted by Gasteiger charge is -2.10. The number of pyridine rings is 2. The van der Waals surface area contributed by atoms with Crippen LogP contribution < -0.4 is 5.32 Å². The molecule has 0 saturated carbocycles. The summed E-state index contributed by atoms with van der Waals surface area (Å²) in [6.45, 7) is 1.89. The molecular weight excluding hydrogens is 282 g/mol. The van der Waals surface area contributed by atoms with E-state index in [0.29, 0.717) is 16.6 Å². The van der Waals surface area contributed by atoms with E-state index < -0.39 is 0 Å². The van der Waals surface area contributed by atoms with E-state index in [2.05, 4.69) is 15.3 Å². The number of rotatable bonds is 4. The zero-order chi connectivity index (χ0) is 13.8. The number of nitrogens with zero attached hydrogens (tertiary/aromatic N) is 2. The Morgan fingerprint density at radius 2 is 2.11 bits per heavy atom. The summed E-state index contributed by atoms with van der Waals surface area (Å²) in [4.78, 5) is 20.3. The lowest BCUT2D eigenvalue weighted by molar-refractivity contribution is -0.118. The number of halogens is 1. The van der Waals surface area contributed by atoms with Gasteiger partial charge in [0.05, 0.1) is 0 Å². The van der Waals surface area contributed by atoms with Crippen molar-refractivity contribution < 1.29 is 4.79 Å². The van der Waals surface area contributed by atoms with Gasteiger partial charge < -0.3 is 5.32 Å². The normalized spacial score (nSPS) is 12.4. The lowest BCUT2D eigenvalue weighted by atomic mass is 10.2. The van der Waals surface area contributed by atoms with E-state index in [1.54, 1.807) is 23.9 Å². The number of thioether (sulfide) groups is 1. The summed E-state index contributed by atoms with van der Waals surface area (Å²) in [7, 11) is 0. The fraction of sp³-hybridized carbons (Fsp3) is 0.308. The highest BCUT2D eigenvalue weighted by Crippen LogP contribution is 2.17. The van der Waals surface area contributed by atoms with Gasteiger partial charge in [-0.15, -0.1) is 0 Å². The average molecular weight is 296 g/mol. The molecule has 0 aliphatic rings. The fourth-order valence-corrected chi connectivity index (χ4v) is 2.41. The fourth-order valence-electron chi connectivity index (χ4n) is 1.62. The van der Waals surface area contributed by atoms with Gasteiger partial charge in [-0.1, -0.05) is 18.5 Å². The molecule has 2 rings (SSSR count). The number of aromatic nitrogens is 2. The van der Waals surface area contributed by atoms with Crippen molar-refractivity contribution in [2.24, 2.45) is 5.92 Å². The van der Waals surface area contributed by atoms with Gasteiger partial charge in [0.25, 0.3) is 0 Å². The molecule has 0 fully saturated rings. The third-order valence-corrected chi connectivity index (χ3v) is 3.68. The Labute approximate surface area is 121 Å². The lowest BCUT2D eigenvalue weighted by Crippen LogP contribution is -2.22. The van der Waals surface area contributed by atoms with Crippen LogP contribution in [0.15, 0.2) is 24.3 Å². The summed E-state index contributed by atoms with van der Waals surface area (Å²) in [6.07, 6.45) is 1.98. The van der Waals surface area contributed by atoms with Gasteiger partial charge in [-0.05, 0) is 30.5 Å². The predicted molar refractivity (Wildman–Crippen MR) is 80.7 cm³/mol. The van der Waals surface area contributed by atoms with E-state index in [1.807, 2.05) is 25.3 Å². The number of carbonyl (C=O) groups excluding carboxylic acids is 1. The molecule has 0 saturated heterocycles. The Hall–Kier alpha value is -1.33. The van der Waals surface area contributed by atoms with Gasteiger partial charge >= 0.3 is 0 Å². The maximum atomic E-state index is 11.9. The highest BCUT2D eigenvalue weighted by Gasteiger charge is 2.13. The van der Waals surface area contributed by atoms with Crippen LogP contribution in [-0.4, -0.2) is 27.9 Å². The van der Waals surface area contributed by atoms with Gasteiger partial charge in [0, 0.05) is 17.1 Å². The SMILES string of the molecule is CSCC(C)C(=O)Nc1ccc2ccc(Cl)nc2n1. The first kappa shape index (κ1) is 14.1. The summed E-state index contributed by atoms with van der Waals surface area (Å²) in [5.41, 5.74) is 0.530. The molecule has 0 aromatic carbocycles. The first-order valence-corrected chi connectivity index (χ1v) is 7.60. The van der Waals surface area contributed by atoms with E-state index in [-0.39, 0.29) is 11.8 Å². The highest BCUT2D eigenvalue weighted by molar-refractivity contribution is 7.98. The number of carbonyl (C=O) groups is 1. The maximum absolute atomic E-state index is 11.9. The summed E-state index contributed by atoms with van der Waals surface area (Å²) in [5.74, 6) is 1.19. The van der Waals surface area contributed by atoms with Crippen molar-refractivity contribution in [2.45, 2.75) is 6.92 Å². The Morgan fingerprint density at radius 1 is 1.37 bits per heavy atom. The smallest absolute Gasteiger partial charge is 0.229 e. The Bertz CT molecular complexity index is 605. The maximum Gasteiger partial charge on any atom is 0.229 e. The zero-order valence-electron chi connectivity index (χ0n) is 10.7. The zero-order valence-corrected chi connectivity index (χ0v) is 12.3. The molecule has 0 aliphatic heterocycles. The van der Waals surface area contributed by atoms with Crippen LogP contribution in [-0.2, 0) is 4.79 Å². The van der Waals surface area contributed by atoms with Gasteiger partial charge in [0.1, 0.15) is 11.0 Å². The average Bonchev–Trinajstić information content (AvgIpc) is 2.38. The summed E-state index contributed by atoms with van der Waals surface area (Å²) in [6, 6.07) is 7.19. The summed E-state index contributed by atoms with van der Waals surface area (Å²) in [5, 5.41) is 4.07. The van der Waals surface area contributed by atoms with Crippen molar-refractivity contribution in [1.29, 1.82) is 0 Å². The Morgan fingerprint density at radius 3 is 2.84 bits per heavy atom. The first-order valence-electron chi connectivity index (χ1n) is 5.83. The van der Waals surface area contributed by atoms with Crippen LogP contribution >= 0.6 is 23.4 Å². The van der Waals surface area contributed by atoms with Crippen molar-refractivity contribution in [3.8, 4) is 0 Å². The number of amides is 1. The molecule has 2 aromatic rings. The minimum atomic E-state index is -0.0557. The van der Waals surface area contributed by atoms with Gasteiger partial charge in [0.2, 0.25) is 5.91 Å². The van der Waals surface area contributed by atoms with E-state index >= 15 is 0 Å². The summed E-state index contributed by atoms with van der Waals surface area (Å²) >= 11 is 7.47. The highest BCUT2D eigenvalue weighted by atomic mass is 35.5. The van der Waals surface area contributed by atoms with Gasteiger partial charge in [0.15, 0.2) is 5.65 Å². The monoisotopic (exact) mass is 295 g/mol. The molecule has 6 heteroatoms. The van der Waals surface area contributed by atoms with E-state index in [4.69, 9.17) is 11.6 Å². The Balaban J connectivity index is 2.19. The van der Waals surface area contributed by atoms with Crippen LogP contribution in [0.4, 0.5) is 5.82 Å². The molecule has 2 heterocycles. The largest absolute Gasteiger partial charge is 0.310 e. The summed E-state index contributed by atoms with van der Waals surface area (Å²) < 4.78 is 0. The molecule has 0 aliphatic carbocycles. The van der Waals surface area contributed by atoms with Crippen LogP contribution in [0.3, 0.4) is 0 Å². The molecule has 19 heavy (non-hydrogen) atoms. The second-order valence-corrected chi connectivity index (χ2v) is 5.52. The van der Waals surface area contributed by atoms with Crippen LogP contribution in [0.5, 0.6) is 0 Å². The minimum Gasteiger partial charge on any atom is -0.310 e. The van der Waals surface area contributed by atoms with Crippen LogP contribution in [0.25, 0.3) is 11.0 Å². The second-order valence-electron chi connectivity index (χ2n) is 4.22. The third-order valence-electron chi connectivity index (χ3n) is 2.63. The van der Waals surface area contributed by atoms with Crippen molar-refractivity contribution >= 4 is 46.1 Å². The Kier molecular flexibility index (Phi) is 4.61.